The monoisotopic (exact) mass is 424 g/mol. The predicted molar refractivity (Wildman–Crippen MR) is 93.7 cm³/mol. The molecule has 5 nitrogen and oxygen atoms in total. The minimum absolute atomic E-state index is 0.0306. The van der Waals surface area contributed by atoms with Gasteiger partial charge in [-0.2, -0.15) is 0 Å². The average molecular weight is 424 g/mol. The third-order valence-electron chi connectivity index (χ3n) is 3.96. The SMILES string of the molecule is [B]Cc1cn(C[C@@H]2CCC(=O)N(c3ccc(I)c(F)c3)C2)nn1. The molecule has 2 aromatic rings. The van der Waals surface area contributed by atoms with Crippen LogP contribution in [0.4, 0.5) is 10.1 Å². The first kappa shape index (κ1) is 16.4. The van der Waals surface area contributed by atoms with Crippen molar-refractivity contribution in [1.82, 2.24) is 15.0 Å². The number of rotatable bonds is 4. The van der Waals surface area contributed by atoms with Crippen molar-refractivity contribution in [2.45, 2.75) is 25.7 Å². The summed E-state index contributed by atoms with van der Waals surface area (Å²) < 4.78 is 16.1. The standard InChI is InChI=1S/C15H15BFIN4O/c16-6-11-9-21(20-19-11)7-10-1-4-15(23)22(8-10)12-2-3-14(18)13(17)5-12/h2-3,5,9-10H,1,4,6-8H2/t10-/m0/s1. The number of aromatic nitrogens is 3. The highest BCUT2D eigenvalue weighted by molar-refractivity contribution is 14.1. The van der Waals surface area contributed by atoms with Gasteiger partial charge in [-0.15, -0.1) is 5.10 Å². The van der Waals surface area contributed by atoms with Crippen LogP contribution < -0.4 is 4.90 Å². The van der Waals surface area contributed by atoms with Crippen LogP contribution in [0.15, 0.2) is 24.4 Å². The summed E-state index contributed by atoms with van der Waals surface area (Å²) in [6, 6.07) is 4.89. The fraction of sp³-hybridized carbons (Fsp3) is 0.400. The molecule has 1 aliphatic rings. The zero-order valence-corrected chi connectivity index (χ0v) is 14.6. The summed E-state index contributed by atoms with van der Waals surface area (Å²) in [5.74, 6) is -0.0210. The third-order valence-corrected chi connectivity index (χ3v) is 4.84. The lowest BCUT2D eigenvalue weighted by molar-refractivity contribution is -0.120. The van der Waals surface area contributed by atoms with Crippen LogP contribution in [0.2, 0.25) is 0 Å². The maximum absolute atomic E-state index is 13.8. The fourth-order valence-corrected chi connectivity index (χ4v) is 3.09. The molecule has 8 heteroatoms. The van der Waals surface area contributed by atoms with Gasteiger partial charge in [-0.3, -0.25) is 9.48 Å². The second kappa shape index (κ2) is 6.98. The van der Waals surface area contributed by atoms with Gasteiger partial charge in [0.1, 0.15) is 5.82 Å². The van der Waals surface area contributed by atoms with Gasteiger partial charge in [0, 0.05) is 35.0 Å². The number of hydrogen-bond donors (Lipinski definition) is 0. The number of amides is 1. The Morgan fingerprint density at radius 1 is 1.43 bits per heavy atom. The first-order valence-corrected chi connectivity index (χ1v) is 8.49. The summed E-state index contributed by atoms with van der Waals surface area (Å²) in [5.41, 5.74) is 1.35. The Hall–Kier alpha value is -1.45. The Balaban J connectivity index is 1.73. The zero-order valence-electron chi connectivity index (χ0n) is 12.5. The van der Waals surface area contributed by atoms with E-state index in [1.165, 1.54) is 6.07 Å². The molecule has 2 heterocycles. The molecule has 1 fully saturated rings. The molecule has 0 spiro atoms. The van der Waals surface area contributed by atoms with Crippen molar-refractivity contribution < 1.29 is 9.18 Å². The van der Waals surface area contributed by atoms with Crippen LogP contribution in [0.3, 0.4) is 0 Å². The average Bonchev–Trinajstić information content (AvgIpc) is 2.99. The summed E-state index contributed by atoms with van der Waals surface area (Å²) in [4.78, 5) is 13.9. The maximum Gasteiger partial charge on any atom is 0.227 e. The van der Waals surface area contributed by atoms with E-state index in [0.717, 1.165) is 12.1 Å². The van der Waals surface area contributed by atoms with Gasteiger partial charge in [0.05, 0.1) is 13.5 Å². The third kappa shape index (κ3) is 3.73. The molecule has 0 unspecified atom stereocenters. The lowest BCUT2D eigenvalue weighted by atomic mass is 9.97. The van der Waals surface area contributed by atoms with Gasteiger partial charge in [-0.1, -0.05) is 5.21 Å². The molecule has 1 amide bonds. The molecular formula is C15H15BFIN4O. The van der Waals surface area contributed by atoms with Crippen LogP contribution in [0.25, 0.3) is 0 Å². The van der Waals surface area contributed by atoms with E-state index in [1.807, 2.05) is 28.8 Å². The molecule has 1 saturated heterocycles. The second-order valence-corrected chi connectivity index (χ2v) is 6.81. The largest absolute Gasteiger partial charge is 0.312 e. The molecule has 0 aliphatic carbocycles. The van der Waals surface area contributed by atoms with Crippen LogP contribution in [0.5, 0.6) is 0 Å². The second-order valence-electron chi connectivity index (χ2n) is 5.64. The normalized spacial score (nSPS) is 18.4. The Bertz CT molecular complexity index is 723. The Morgan fingerprint density at radius 3 is 2.96 bits per heavy atom. The Kier molecular flexibility index (Phi) is 4.98. The van der Waals surface area contributed by atoms with E-state index in [2.05, 4.69) is 10.3 Å². The topological polar surface area (TPSA) is 51.0 Å². The summed E-state index contributed by atoms with van der Waals surface area (Å²) >= 11 is 1.93. The first-order valence-electron chi connectivity index (χ1n) is 7.41. The van der Waals surface area contributed by atoms with E-state index in [4.69, 9.17) is 7.85 Å². The molecule has 1 aliphatic heterocycles. The lowest BCUT2D eigenvalue weighted by Crippen LogP contribution is -2.41. The summed E-state index contributed by atoms with van der Waals surface area (Å²) in [6.07, 6.45) is 3.43. The van der Waals surface area contributed by atoms with Crippen LogP contribution in [0, 0.1) is 15.3 Å². The van der Waals surface area contributed by atoms with E-state index < -0.39 is 0 Å². The zero-order chi connectivity index (χ0) is 16.4. The number of benzene rings is 1. The number of carbonyl (C=O) groups excluding carboxylic acids is 1. The molecule has 3 rings (SSSR count). The van der Waals surface area contributed by atoms with Crippen molar-refractivity contribution in [3.63, 3.8) is 0 Å². The van der Waals surface area contributed by atoms with Gasteiger partial charge in [0.15, 0.2) is 0 Å². The van der Waals surface area contributed by atoms with E-state index in [1.54, 1.807) is 21.7 Å². The van der Waals surface area contributed by atoms with Crippen molar-refractivity contribution in [2.75, 3.05) is 11.4 Å². The van der Waals surface area contributed by atoms with Gasteiger partial charge in [-0.25, -0.2) is 4.39 Å². The molecule has 2 radical (unpaired) electrons. The smallest absolute Gasteiger partial charge is 0.227 e. The van der Waals surface area contributed by atoms with E-state index >= 15 is 0 Å². The molecule has 0 N–H and O–H groups in total. The fourth-order valence-electron chi connectivity index (χ4n) is 2.75. The number of piperidine rings is 1. The van der Waals surface area contributed by atoms with Gasteiger partial charge < -0.3 is 4.90 Å². The first-order chi connectivity index (χ1) is 11.1. The molecule has 1 aromatic heterocycles. The minimum atomic E-state index is -0.304. The molecule has 1 atom stereocenters. The summed E-state index contributed by atoms with van der Waals surface area (Å²) in [5, 5.41) is 8.02. The van der Waals surface area contributed by atoms with E-state index in [0.29, 0.717) is 35.1 Å². The molecule has 0 bridgehead atoms. The number of carbonyl (C=O) groups is 1. The van der Waals surface area contributed by atoms with Crippen molar-refractivity contribution >= 4 is 42.0 Å². The molecule has 1 aromatic carbocycles. The highest BCUT2D eigenvalue weighted by Crippen LogP contribution is 2.27. The number of nitrogens with zero attached hydrogens (tertiary/aromatic N) is 4. The molecule has 23 heavy (non-hydrogen) atoms. The van der Waals surface area contributed by atoms with E-state index in [9.17, 15) is 9.18 Å². The predicted octanol–water partition coefficient (Wildman–Crippen LogP) is 2.13. The van der Waals surface area contributed by atoms with Crippen molar-refractivity contribution in [2.24, 2.45) is 5.92 Å². The summed E-state index contributed by atoms with van der Waals surface area (Å²) in [6.45, 7) is 1.22. The van der Waals surface area contributed by atoms with Crippen LogP contribution in [-0.2, 0) is 17.7 Å². The highest BCUT2D eigenvalue weighted by Gasteiger charge is 2.27. The van der Waals surface area contributed by atoms with Crippen molar-refractivity contribution in [3.8, 4) is 0 Å². The van der Waals surface area contributed by atoms with Crippen LogP contribution in [0.1, 0.15) is 18.5 Å². The van der Waals surface area contributed by atoms with Crippen molar-refractivity contribution in [1.29, 1.82) is 0 Å². The quantitative estimate of drug-likeness (QED) is 0.559. The Labute approximate surface area is 148 Å². The Morgan fingerprint density at radius 2 is 2.26 bits per heavy atom. The van der Waals surface area contributed by atoms with Crippen LogP contribution in [-0.4, -0.2) is 35.3 Å². The molecule has 118 valence electrons. The highest BCUT2D eigenvalue weighted by atomic mass is 127. The minimum Gasteiger partial charge on any atom is -0.312 e. The number of hydrogen-bond acceptors (Lipinski definition) is 3. The lowest BCUT2D eigenvalue weighted by Gasteiger charge is -2.32. The number of anilines is 1. The van der Waals surface area contributed by atoms with Gasteiger partial charge in [0.25, 0.3) is 0 Å². The molecule has 0 saturated carbocycles. The summed E-state index contributed by atoms with van der Waals surface area (Å²) in [7, 11) is 5.53. The van der Waals surface area contributed by atoms with Gasteiger partial charge in [0.2, 0.25) is 5.91 Å². The maximum atomic E-state index is 13.8. The number of halogens is 2. The van der Waals surface area contributed by atoms with Gasteiger partial charge >= 0.3 is 0 Å². The van der Waals surface area contributed by atoms with Crippen LogP contribution >= 0.6 is 22.6 Å². The van der Waals surface area contributed by atoms with E-state index in [-0.39, 0.29) is 17.6 Å². The van der Waals surface area contributed by atoms with Crippen molar-refractivity contribution in [3.05, 3.63) is 39.5 Å². The molecular weight excluding hydrogens is 409 g/mol. The van der Waals surface area contributed by atoms with Gasteiger partial charge in [-0.05, 0) is 59.4 Å².